The number of likely N-dealkylation sites (tertiary alicyclic amines) is 1. The van der Waals surface area contributed by atoms with Crippen molar-refractivity contribution in [1.29, 1.82) is 0 Å². The first-order chi connectivity index (χ1) is 16.9. The normalized spacial score (nSPS) is 15.7. The highest BCUT2D eigenvalue weighted by molar-refractivity contribution is 5.65. The lowest BCUT2D eigenvalue weighted by Gasteiger charge is -2.28. The molecule has 10 heteroatoms. The molecule has 35 heavy (non-hydrogen) atoms. The number of carbonyl (C=O) groups is 1. The molecule has 0 bridgehead atoms. The summed E-state index contributed by atoms with van der Waals surface area (Å²) in [6.45, 7) is 6.48. The molecule has 2 aromatic heterocycles. The van der Waals surface area contributed by atoms with Gasteiger partial charge in [0.1, 0.15) is 0 Å². The van der Waals surface area contributed by atoms with Crippen LogP contribution in [0.15, 0.2) is 30.7 Å². The van der Waals surface area contributed by atoms with Gasteiger partial charge in [0.25, 0.3) is 5.88 Å². The third-order valence-electron chi connectivity index (χ3n) is 6.46. The number of nitrogens with two attached hydrogens (primary N) is 1. The van der Waals surface area contributed by atoms with Crippen LogP contribution in [-0.2, 0) is 9.53 Å². The second-order valence-electron chi connectivity index (χ2n) is 9.05. The molecule has 0 saturated carbocycles. The highest BCUT2D eigenvalue weighted by Gasteiger charge is 2.21. The number of hydrogen-bond donors (Lipinski definition) is 2. The molecule has 186 valence electrons. The Kier molecular flexibility index (Phi) is 7.62. The van der Waals surface area contributed by atoms with Crippen LogP contribution in [0, 0.1) is 13.8 Å². The van der Waals surface area contributed by atoms with Crippen molar-refractivity contribution < 1.29 is 14.3 Å². The maximum Gasteiger partial charge on any atom is 0.263 e. The SMILES string of the molecule is COCC(NC=O)c1c(C)cc(-c2cnc(N)c(Oc3cnn(C4CCN(C)CC4)c3)n2)cc1C. The summed E-state index contributed by atoms with van der Waals surface area (Å²) >= 11 is 0. The summed E-state index contributed by atoms with van der Waals surface area (Å²) in [7, 11) is 3.75. The van der Waals surface area contributed by atoms with Gasteiger partial charge in [-0.2, -0.15) is 5.10 Å². The molecule has 1 aliphatic heterocycles. The molecule has 1 fully saturated rings. The molecule has 1 saturated heterocycles. The van der Waals surface area contributed by atoms with E-state index in [-0.39, 0.29) is 17.7 Å². The number of nitrogen functional groups attached to an aromatic ring is 1. The van der Waals surface area contributed by atoms with E-state index < -0.39 is 0 Å². The lowest BCUT2D eigenvalue weighted by Crippen LogP contribution is -2.31. The van der Waals surface area contributed by atoms with Gasteiger partial charge in [-0.25, -0.2) is 9.97 Å². The van der Waals surface area contributed by atoms with Crippen LogP contribution in [0.25, 0.3) is 11.3 Å². The molecule has 1 aromatic carbocycles. The molecule has 10 nitrogen and oxygen atoms in total. The number of aromatic nitrogens is 4. The fraction of sp³-hybridized carbons (Fsp3) is 0.440. The Morgan fingerprint density at radius 1 is 1.23 bits per heavy atom. The van der Waals surface area contributed by atoms with Gasteiger partial charge >= 0.3 is 0 Å². The number of anilines is 1. The maximum absolute atomic E-state index is 11.1. The first-order valence-electron chi connectivity index (χ1n) is 11.7. The van der Waals surface area contributed by atoms with Crippen LogP contribution < -0.4 is 15.8 Å². The van der Waals surface area contributed by atoms with Crippen molar-refractivity contribution in [2.45, 2.75) is 38.8 Å². The fourth-order valence-corrected chi connectivity index (χ4v) is 4.68. The van der Waals surface area contributed by atoms with E-state index >= 15 is 0 Å². The van der Waals surface area contributed by atoms with Crippen LogP contribution in [0.1, 0.15) is 41.6 Å². The van der Waals surface area contributed by atoms with Crippen molar-refractivity contribution in [1.82, 2.24) is 30.0 Å². The molecule has 4 rings (SSSR count). The number of nitrogens with one attached hydrogen (secondary N) is 1. The van der Waals surface area contributed by atoms with Gasteiger partial charge in [0.2, 0.25) is 6.41 Å². The molecule has 1 atom stereocenters. The number of benzene rings is 1. The molecule has 3 N–H and O–H groups in total. The van der Waals surface area contributed by atoms with E-state index in [9.17, 15) is 4.79 Å². The Bertz CT molecular complexity index is 1150. The Labute approximate surface area is 205 Å². The number of carbonyl (C=O) groups excluding carboxylic acids is 1. The number of methoxy groups -OCH3 is 1. The van der Waals surface area contributed by atoms with Gasteiger partial charge in [0, 0.05) is 12.7 Å². The highest BCUT2D eigenvalue weighted by Crippen LogP contribution is 2.32. The molecular weight excluding hydrogens is 446 g/mol. The van der Waals surface area contributed by atoms with Crippen LogP contribution in [-0.4, -0.2) is 64.9 Å². The zero-order valence-corrected chi connectivity index (χ0v) is 20.7. The minimum atomic E-state index is -0.232. The van der Waals surface area contributed by atoms with Gasteiger partial charge in [0.05, 0.1) is 43.0 Å². The lowest BCUT2D eigenvalue weighted by atomic mass is 9.93. The van der Waals surface area contributed by atoms with Gasteiger partial charge in [0.15, 0.2) is 11.6 Å². The molecule has 0 spiro atoms. The Hall–Kier alpha value is -3.50. The molecular formula is C25H33N7O3. The molecule has 1 aliphatic rings. The summed E-state index contributed by atoms with van der Waals surface area (Å²) in [5.74, 6) is 1.03. The first-order valence-corrected chi connectivity index (χ1v) is 11.7. The Balaban J connectivity index is 1.56. The zero-order valence-electron chi connectivity index (χ0n) is 20.7. The maximum atomic E-state index is 11.1. The number of nitrogens with zero attached hydrogens (tertiary/aromatic N) is 5. The molecule has 3 heterocycles. The number of hydrogen-bond acceptors (Lipinski definition) is 8. The summed E-state index contributed by atoms with van der Waals surface area (Å²) in [6, 6.07) is 4.15. The van der Waals surface area contributed by atoms with Crippen molar-refractivity contribution in [3.05, 3.63) is 47.4 Å². The largest absolute Gasteiger partial charge is 0.433 e. The summed E-state index contributed by atoms with van der Waals surface area (Å²) in [4.78, 5) is 22.4. The van der Waals surface area contributed by atoms with Crippen molar-refractivity contribution in [3.63, 3.8) is 0 Å². The number of ether oxygens (including phenoxy) is 2. The fourth-order valence-electron chi connectivity index (χ4n) is 4.68. The van der Waals surface area contributed by atoms with Gasteiger partial charge in [-0.3, -0.25) is 9.48 Å². The number of aryl methyl sites for hydroxylation is 2. The van der Waals surface area contributed by atoms with E-state index in [2.05, 4.69) is 32.3 Å². The van der Waals surface area contributed by atoms with Crippen LogP contribution in [0.4, 0.5) is 5.82 Å². The van der Waals surface area contributed by atoms with Crippen molar-refractivity contribution in [2.75, 3.05) is 39.6 Å². The van der Waals surface area contributed by atoms with Crippen LogP contribution >= 0.6 is 0 Å². The quantitative estimate of drug-likeness (QED) is 0.449. The first kappa shape index (κ1) is 24.6. The number of amides is 1. The standard InChI is InChI=1S/C25H33N7O3/c1-16-9-18(10-17(2)23(16)22(14-34-4)28-15-33)21-12-27-24(26)25(30-21)35-20-11-29-32(13-20)19-5-7-31(3)8-6-19/h9-13,15,19,22H,5-8,14H2,1-4H3,(H2,26,27)(H,28,33). The zero-order chi connectivity index (χ0) is 24.9. The number of rotatable bonds is 9. The predicted octanol–water partition coefficient (Wildman–Crippen LogP) is 3.03. The third kappa shape index (κ3) is 5.60. The van der Waals surface area contributed by atoms with Gasteiger partial charge in [-0.15, -0.1) is 0 Å². The van der Waals surface area contributed by atoms with E-state index in [1.807, 2.05) is 36.9 Å². The van der Waals surface area contributed by atoms with Gasteiger partial charge in [-0.1, -0.05) is 0 Å². The van der Waals surface area contributed by atoms with Gasteiger partial charge < -0.3 is 25.4 Å². The van der Waals surface area contributed by atoms with E-state index in [1.54, 1.807) is 19.5 Å². The minimum Gasteiger partial charge on any atom is -0.433 e. The van der Waals surface area contributed by atoms with Crippen LogP contribution in [0.2, 0.25) is 0 Å². The highest BCUT2D eigenvalue weighted by atomic mass is 16.5. The molecule has 0 aliphatic carbocycles. The van der Waals surface area contributed by atoms with Crippen LogP contribution in [0.5, 0.6) is 11.6 Å². The van der Waals surface area contributed by atoms with Crippen molar-refractivity contribution in [3.8, 4) is 22.9 Å². The third-order valence-corrected chi connectivity index (χ3v) is 6.46. The summed E-state index contributed by atoms with van der Waals surface area (Å²) in [5, 5.41) is 7.33. The Morgan fingerprint density at radius 3 is 2.60 bits per heavy atom. The predicted molar refractivity (Wildman–Crippen MR) is 133 cm³/mol. The molecule has 0 radical (unpaired) electrons. The van der Waals surface area contributed by atoms with E-state index in [4.69, 9.17) is 15.2 Å². The van der Waals surface area contributed by atoms with Crippen molar-refractivity contribution >= 4 is 12.2 Å². The van der Waals surface area contributed by atoms with E-state index in [0.717, 1.165) is 48.2 Å². The van der Waals surface area contributed by atoms with Crippen LogP contribution in [0.3, 0.4) is 0 Å². The molecule has 1 amide bonds. The second-order valence-corrected chi connectivity index (χ2v) is 9.05. The molecule has 1 unspecified atom stereocenters. The summed E-state index contributed by atoms with van der Waals surface area (Å²) < 4.78 is 13.2. The summed E-state index contributed by atoms with van der Waals surface area (Å²) in [5.41, 5.74) is 10.6. The average Bonchev–Trinajstić information content (AvgIpc) is 3.29. The Morgan fingerprint density at radius 2 is 1.94 bits per heavy atom. The second kappa shape index (κ2) is 10.8. The summed E-state index contributed by atoms with van der Waals surface area (Å²) in [6.07, 6.45) is 8.01. The minimum absolute atomic E-state index is 0.209. The lowest BCUT2D eigenvalue weighted by molar-refractivity contribution is -0.110. The monoisotopic (exact) mass is 479 g/mol. The topological polar surface area (TPSA) is 120 Å². The van der Waals surface area contributed by atoms with E-state index in [0.29, 0.717) is 30.5 Å². The smallest absolute Gasteiger partial charge is 0.263 e. The van der Waals surface area contributed by atoms with Crippen molar-refractivity contribution in [2.24, 2.45) is 0 Å². The van der Waals surface area contributed by atoms with E-state index in [1.165, 1.54) is 0 Å². The number of piperidine rings is 1. The van der Waals surface area contributed by atoms with Gasteiger partial charge in [-0.05, 0) is 75.6 Å². The molecule has 3 aromatic rings. The average molecular weight is 480 g/mol.